The van der Waals surface area contributed by atoms with Crippen LogP contribution in [0.5, 0.6) is 0 Å². The first-order valence-corrected chi connectivity index (χ1v) is 9.82. The first kappa shape index (κ1) is 17.1. The monoisotopic (exact) mass is 327 g/mol. The zero-order valence-electron chi connectivity index (χ0n) is 14.0. The van der Waals surface area contributed by atoms with Gasteiger partial charge in [-0.1, -0.05) is 20.8 Å². The maximum Gasteiger partial charge on any atom is 0.185 e. The van der Waals surface area contributed by atoms with Gasteiger partial charge in [0.15, 0.2) is 5.13 Å². The molecule has 21 heavy (non-hydrogen) atoms. The van der Waals surface area contributed by atoms with E-state index < -0.39 is 0 Å². The molecular weight excluding hydrogens is 298 g/mol. The molecule has 1 aliphatic heterocycles. The van der Waals surface area contributed by atoms with Crippen LogP contribution in [0.4, 0.5) is 5.13 Å². The van der Waals surface area contributed by atoms with Gasteiger partial charge < -0.3 is 10.2 Å². The molecule has 0 saturated carbocycles. The van der Waals surface area contributed by atoms with Gasteiger partial charge in [-0.2, -0.15) is 11.8 Å². The molecule has 120 valence electrons. The van der Waals surface area contributed by atoms with Gasteiger partial charge in [-0.3, -0.25) is 0 Å². The van der Waals surface area contributed by atoms with Crippen molar-refractivity contribution in [3.63, 3.8) is 0 Å². The lowest BCUT2D eigenvalue weighted by Crippen LogP contribution is -2.43. The average Bonchev–Trinajstić information content (AvgIpc) is 2.82. The van der Waals surface area contributed by atoms with Gasteiger partial charge in [0.2, 0.25) is 0 Å². The van der Waals surface area contributed by atoms with Crippen LogP contribution >= 0.6 is 23.1 Å². The summed E-state index contributed by atoms with van der Waals surface area (Å²) in [5, 5.41) is 4.75. The predicted molar refractivity (Wildman–Crippen MR) is 97.0 cm³/mol. The summed E-state index contributed by atoms with van der Waals surface area (Å²) in [7, 11) is 0. The predicted octanol–water partition coefficient (Wildman–Crippen LogP) is 4.10. The van der Waals surface area contributed by atoms with Gasteiger partial charge >= 0.3 is 0 Å². The standard InChI is InChI=1S/C16H29N3S2/c1-6-7-17-10-13-14(12(2)3)18-15(21-13)19-8-9-20-16(4,5)11-19/h12,17H,6-11H2,1-5H3. The molecule has 1 aromatic rings. The number of nitrogens with one attached hydrogen (secondary N) is 1. The lowest BCUT2D eigenvalue weighted by Gasteiger charge is -2.37. The fourth-order valence-electron chi connectivity index (χ4n) is 2.62. The van der Waals surface area contributed by atoms with Crippen molar-refractivity contribution in [3.8, 4) is 0 Å². The number of nitrogens with zero attached hydrogens (tertiary/aromatic N) is 2. The molecule has 0 amide bonds. The van der Waals surface area contributed by atoms with Crippen molar-refractivity contribution in [1.29, 1.82) is 0 Å². The van der Waals surface area contributed by atoms with E-state index in [2.05, 4.69) is 56.6 Å². The van der Waals surface area contributed by atoms with Gasteiger partial charge in [0.1, 0.15) is 0 Å². The lowest BCUT2D eigenvalue weighted by molar-refractivity contribution is 0.644. The van der Waals surface area contributed by atoms with Gasteiger partial charge in [-0.15, -0.1) is 11.3 Å². The summed E-state index contributed by atoms with van der Waals surface area (Å²) in [5.41, 5.74) is 1.29. The van der Waals surface area contributed by atoms with Crippen LogP contribution in [0.3, 0.4) is 0 Å². The van der Waals surface area contributed by atoms with Crippen molar-refractivity contribution < 1.29 is 0 Å². The van der Waals surface area contributed by atoms with Gasteiger partial charge in [-0.05, 0) is 32.7 Å². The van der Waals surface area contributed by atoms with Crippen LogP contribution in [0.2, 0.25) is 0 Å². The van der Waals surface area contributed by atoms with E-state index >= 15 is 0 Å². The third-order valence-corrected chi connectivity index (χ3v) is 6.10. The fraction of sp³-hybridized carbons (Fsp3) is 0.812. The minimum absolute atomic E-state index is 0.336. The quantitative estimate of drug-likeness (QED) is 0.796. The Labute approximate surface area is 137 Å². The van der Waals surface area contributed by atoms with Crippen molar-refractivity contribution >= 4 is 28.2 Å². The summed E-state index contributed by atoms with van der Waals surface area (Å²) in [6.07, 6.45) is 1.18. The summed E-state index contributed by atoms with van der Waals surface area (Å²) in [5.74, 6) is 1.70. The van der Waals surface area contributed by atoms with Crippen molar-refractivity contribution in [1.82, 2.24) is 10.3 Å². The molecule has 0 spiro atoms. The Kier molecular flexibility index (Phi) is 5.97. The second kappa shape index (κ2) is 7.34. The fourth-order valence-corrected chi connectivity index (χ4v) is 4.94. The zero-order valence-corrected chi connectivity index (χ0v) is 15.7. The Hall–Kier alpha value is -0.260. The maximum absolute atomic E-state index is 4.97. The van der Waals surface area contributed by atoms with E-state index in [1.165, 1.54) is 27.9 Å². The molecule has 1 aromatic heterocycles. The molecule has 1 aliphatic rings. The number of thiazole rings is 1. The summed E-state index contributed by atoms with van der Waals surface area (Å²) in [6.45, 7) is 15.7. The second-order valence-corrected chi connectivity index (χ2v) is 9.53. The Morgan fingerprint density at radius 3 is 2.76 bits per heavy atom. The molecule has 0 unspecified atom stereocenters. The molecule has 0 aromatic carbocycles. The van der Waals surface area contributed by atoms with Crippen LogP contribution < -0.4 is 10.2 Å². The summed E-state index contributed by atoms with van der Waals surface area (Å²) < 4.78 is 0.336. The van der Waals surface area contributed by atoms with Gasteiger partial charge in [0, 0.05) is 35.0 Å². The molecule has 5 heteroatoms. The molecule has 3 nitrogen and oxygen atoms in total. The highest BCUT2D eigenvalue weighted by Crippen LogP contribution is 2.36. The molecular formula is C16H29N3S2. The van der Waals surface area contributed by atoms with Crippen molar-refractivity contribution in [2.24, 2.45) is 0 Å². The molecule has 1 saturated heterocycles. The third kappa shape index (κ3) is 4.60. The molecule has 2 heterocycles. The van der Waals surface area contributed by atoms with Crippen LogP contribution in [0.25, 0.3) is 0 Å². The number of hydrogen-bond donors (Lipinski definition) is 1. The molecule has 1 fully saturated rings. The summed E-state index contributed by atoms with van der Waals surface area (Å²) in [4.78, 5) is 8.88. The number of aromatic nitrogens is 1. The van der Waals surface area contributed by atoms with Gasteiger partial charge in [0.05, 0.1) is 5.69 Å². The van der Waals surface area contributed by atoms with Crippen LogP contribution in [0.15, 0.2) is 0 Å². The van der Waals surface area contributed by atoms with Crippen LogP contribution in [0.1, 0.15) is 57.5 Å². The minimum Gasteiger partial charge on any atom is -0.346 e. The highest BCUT2D eigenvalue weighted by Gasteiger charge is 2.29. The Morgan fingerprint density at radius 2 is 2.14 bits per heavy atom. The van der Waals surface area contributed by atoms with Crippen LogP contribution in [0, 0.1) is 0 Å². The summed E-state index contributed by atoms with van der Waals surface area (Å²) >= 11 is 3.96. The van der Waals surface area contributed by atoms with E-state index in [4.69, 9.17) is 4.98 Å². The highest BCUT2D eigenvalue weighted by molar-refractivity contribution is 8.00. The van der Waals surface area contributed by atoms with E-state index in [9.17, 15) is 0 Å². The highest BCUT2D eigenvalue weighted by atomic mass is 32.2. The number of anilines is 1. The second-order valence-electron chi connectivity index (χ2n) is 6.67. The van der Waals surface area contributed by atoms with Gasteiger partial charge in [0.25, 0.3) is 0 Å². The lowest BCUT2D eigenvalue weighted by atomic mass is 10.1. The molecule has 2 rings (SSSR count). The largest absolute Gasteiger partial charge is 0.346 e. The topological polar surface area (TPSA) is 28.2 Å². The van der Waals surface area contributed by atoms with Gasteiger partial charge in [-0.25, -0.2) is 4.98 Å². The Balaban J connectivity index is 2.14. The Morgan fingerprint density at radius 1 is 1.38 bits per heavy atom. The van der Waals surface area contributed by atoms with E-state index in [-0.39, 0.29) is 0 Å². The average molecular weight is 328 g/mol. The van der Waals surface area contributed by atoms with E-state index in [1.54, 1.807) is 0 Å². The van der Waals surface area contributed by atoms with E-state index in [0.29, 0.717) is 10.7 Å². The Bertz CT molecular complexity index is 454. The smallest absolute Gasteiger partial charge is 0.185 e. The normalized spacial score (nSPS) is 18.5. The molecule has 0 bridgehead atoms. The first-order chi connectivity index (χ1) is 9.93. The summed E-state index contributed by atoms with van der Waals surface area (Å²) in [6, 6.07) is 0. The third-order valence-electron chi connectivity index (χ3n) is 3.67. The maximum atomic E-state index is 4.97. The molecule has 0 aliphatic carbocycles. The van der Waals surface area contributed by atoms with Crippen molar-refractivity contribution in [2.75, 3.05) is 30.3 Å². The molecule has 0 atom stereocenters. The SMILES string of the molecule is CCCNCc1sc(N2CCSC(C)(C)C2)nc1C(C)C. The van der Waals surface area contributed by atoms with Crippen LogP contribution in [-0.2, 0) is 6.54 Å². The molecule has 1 N–H and O–H groups in total. The zero-order chi connectivity index (χ0) is 15.5. The number of rotatable bonds is 6. The first-order valence-electron chi connectivity index (χ1n) is 8.02. The van der Waals surface area contributed by atoms with E-state index in [1.807, 2.05) is 11.3 Å². The van der Waals surface area contributed by atoms with E-state index in [0.717, 1.165) is 26.2 Å². The van der Waals surface area contributed by atoms with Crippen molar-refractivity contribution in [3.05, 3.63) is 10.6 Å². The number of hydrogen-bond acceptors (Lipinski definition) is 5. The number of thioether (sulfide) groups is 1. The van der Waals surface area contributed by atoms with Crippen LogP contribution in [-0.4, -0.2) is 35.1 Å². The van der Waals surface area contributed by atoms with Crippen molar-refractivity contribution in [2.45, 2.75) is 58.2 Å². The molecule has 0 radical (unpaired) electrons. The minimum atomic E-state index is 0.336.